The molecule has 0 aromatic carbocycles. The fourth-order valence-electron chi connectivity index (χ4n) is 2.82. The first-order valence-corrected chi connectivity index (χ1v) is 6.19. The minimum absolute atomic E-state index is 0.166. The molecule has 2 nitrogen and oxygen atoms in total. The van der Waals surface area contributed by atoms with Crippen LogP contribution < -0.4 is 0 Å². The molecule has 0 heterocycles. The van der Waals surface area contributed by atoms with Gasteiger partial charge in [0.05, 0.1) is 5.41 Å². The molecule has 1 rings (SSSR count). The first-order chi connectivity index (χ1) is 6.88. The summed E-state index contributed by atoms with van der Waals surface area (Å²) in [6, 6.07) is 0. The lowest BCUT2D eigenvalue weighted by Crippen LogP contribution is -2.43. The quantitative estimate of drug-likeness (QED) is 0.756. The van der Waals surface area contributed by atoms with Gasteiger partial charge >= 0.3 is 5.97 Å². The zero-order valence-electron chi connectivity index (χ0n) is 9.79. The highest BCUT2D eigenvalue weighted by molar-refractivity contribution is 6.20. The first-order valence-electron chi connectivity index (χ1n) is 5.76. The van der Waals surface area contributed by atoms with Crippen LogP contribution in [0.4, 0.5) is 0 Å². The minimum Gasteiger partial charge on any atom is -0.481 e. The third-order valence-corrected chi connectivity index (χ3v) is 4.05. The van der Waals surface area contributed by atoms with Crippen LogP contribution >= 0.6 is 11.6 Å². The van der Waals surface area contributed by atoms with Crippen molar-refractivity contribution in [1.29, 1.82) is 0 Å². The van der Waals surface area contributed by atoms with E-state index >= 15 is 0 Å². The van der Waals surface area contributed by atoms with Crippen LogP contribution in [0.15, 0.2) is 0 Å². The molecule has 3 unspecified atom stereocenters. The number of carboxylic acid groups (broad SMARTS) is 1. The fraction of sp³-hybridized carbons (Fsp3) is 0.917. The average Bonchev–Trinajstić information content (AvgIpc) is 2.09. The van der Waals surface area contributed by atoms with Gasteiger partial charge < -0.3 is 5.11 Å². The largest absolute Gasteiger partial charge is 0.481 e. The molecule has 0 spiro atoms. The lowest BCUT2D eigenvalue weighted by Gasteiger charge is -2.41. The molecule has 15 heavy (non-hydrogen) atoms. The Bertz CT molecular complexity index is 240. The summed E-state index contributed by atoms with van der Waals surface area (Å²) in [4.78, 5) is 11.5. The van der Waals surface area contributed by atoms with Crippen molar-refractivity contribution in [2.75, 3.05) is 0 Å². The zero-order chi connectivity index (χ0) is 11.6. The minimum atomic E-state index is -0.632. The van der Waals surface area contributed by atoms with Gasteiger partial charge in [0.15, 0.2) is 0 Å². The second kappa shape index (κ2) is 4.73. The van der Waals surface area contributed by atoms with Crippen LogP contribution in [-0.4, -0.2) is 16.5 Å². The Morgan fingerprint density at radius 1 is 1.60 bits per heavy atom. The maximum absolute atomic E-state index is 11.5. The van der Waals surface area contributed by atoms with Crippen LogP contribution in [-0.2, 0) is 4.79 Å². The van der Waals surface area contributed by atoms with Crippen LogP contribution in [0.5, 0.6) is 0 Å². The predicted octanol–water partition coefficient (Wildman–Crippen LogP) is 3.53. The third kappa shape index (κ3) is 2.66. The van der Waals surface area contributed by atoms with Crippen molar-refractivity contribution in [2.45, 2.75) is 51.8 Å². The monoisotopic (exact) mass is 232 g/mol. The van der Waals surface area contributed by atoms with Crippen LogP contribution in [0.2, 0.25) is 0 Å². The van der Waals surface area contributed by atoms with Gasteiger partial charge in [0, 0.05) is 5.38 Å². The number of aliphatic carboxylic acids is 1. The van der Waals surface area contributed by atoms with Crippen LogP contribution in [0, 0.1) is 17.3 Å². The number of rotatable bonds is 3. The molecule has 1 aliphatic carbocycles. The smallest absolute Gasteiger partial charge is 0.309 e. The molecule has 0 aromatic heterocycles. The third-order valence-electron chi connectivity index (χ3n) is 3.65. The molecule has 0 saturated heterocycles. The Morgan fingerprint density at radius 2 is 2.20 bits per heavy atom. The van der Waals surface area contributed by atoms with E-state index in [1.54, 1.807) is 0 Å². The van der Waals surface area contributed by atoms with Gasteiger partial charge in [-0.25, -0.2) is 0 Å². The summed E-state index contributed by atoms with van der Waals surface area (Å²) in [5.41, 5.74) is -0.528. The van der Waals surface area contributed by atoms with Crippen molar-refractivity contribution in [2.24, 2.45) is 17.3 Å². The summed E-state index contributed by atoms with van der Waals surface area (Å²) >= 11 is 6.09. The summed E-state index contributed by atoms with van der Waals surface area (Å²) in [6.07, 6.45) is 3.18. The molecule has 1 aliphatic rings. The number of hydrogen-bond acceptors (Lipinski definition) is 1. The molecule has 3 atom stereocenters. The second-order valence-electron chi connectivity index (χ2n) is 5.33. The SMILES string of the molecule is CC(C)CC1(C(=O)O)CCC(Cl)CC1C. The highest BCUT2D eigenvalue weighted by Crippen LogP contribution is 2.47. The molecule has 1 N–H and O–H groups in total. The van der Waals surface area contributed by atoms with E-state index in [0.29, 0.717) is 5.92 Å². The number of carbonyl (C=O) groups is 1. The highest BCUT2D eigenvalue weighted by atomic mass is 35.5. The van der Waals surface area contributed by atoms with Gasteiger partial charge in [0.1, 0.15) is 0 Å². The molecule has 0 amide bonds. The highest BCUT2D eigenvalue weighted by Gasteiger charge is 2.46. The van der Waals surface area contributed by atoms with Gasteiger partial charge in [-0.15, -0.1) is 11.6 Å². The predicted molar refractivity (Wildman–Crippen MR) is 62.2 cm³/mol. The maximum Gasteiger partial charge on any atom is 0.309 e. The van der Waals surface area contributed by atoms with E-state index in [1.165, 1.54) is 0 Å². The molecule has 0 aromatic rings. The van der Waals surface area contributed by atoms with Crippen molar-refractivity contribution in [3.63, 3.8) is 0 Å². The van der Waals surface area contributed by atoms with Crippen LogP contribution in [0.1, 0.15) is 46.5 Å². The van der Waals surface area contributed by atoms with E-state index < -0.39 is 11.4 Å². The molecule has 0 radical (unpaired) electrons. The van der Waals surface area contributed by atoms with Crippen molar-refractivity contribution in [3.8, 4) is 0 Å². The summed E-state index contributed by atoms with van der Waals surface area (Å²) in [5, 5.41) is 9.62. The van der Waals surface area contributed by atoms with E-state index in [4.69, 9.17) is 11.6 Å². The van der Waals surface area contributed by atoms with E-state index in [0.717, 1.165) is 25.7 Å². The van der Waals surface area contributed by atoms with E-state index in [9.17, 15) is 9.90 Å². The summed E-state index contributed by atoms with van der Waals surface area (Å²) in [6.45, 7) is 6.21. The van der Waals surface area contributed by atoms with Gasteiger partial charge in [-0.3, -0.25) is 4.79 Å². The van der Waals surface area contributed by atoms with Gasteiger partial charge in [-0.2, -0.15) is 0 Å². The molecular formula is C12H21ClO2. The Kier molecular flexibility index (Phi) is 4.05. The Balaban J connectivity index is 2.85. The number of halogens is 1. The molecule has 0 aliphatic heterocycles. The molecular weight excluding hydrogens is 212 g/mol. The van der Waals surface area contributed by atoms with Gasteiger partial charge in [0.25, 0.3) is 0 Å². The maximum atomic E-state index is 11.5. The van der Waals surface area contributed by atoms with E-state index in [-0.39, 0.29) is 11.3 Å². The normalized spacial score (nSPS) is 36.9. The summed E-state index contributed by atoms with van der Waals surface area (Å²) in [5.74, 6) is -0.0173. The molecule has 3 heteroatoms. The zero-order valence-corrected chi connectivity index (χ0v) is 10.5. The van der Waals surface area contributed by atoms with Crippen LogP contribution in [0.3, 0.4) is 0 Å². The Hall–Kier alpha value is -0.240. The topological polar surface area (TPSA) is 37.3 Å². The summed E-state index contributed by atoms with van der Waals surface area (Å²) < 4.78 is 0. The standard InChI is InChI=1S/C12H21ClO2/c1-8(2)7-12(11(14)15)5-4-10(13)6-9(12)3/h8-10H,4-7H2,1-3H3,(H,14,15). The van der Waals surface area contributed by atoms with Crippen molar-refractivity contribution >= 4 is 17.6 Å². The van der Waals surface area contributed by atoms with E-state index in [1.807, 2.05) is 6.92 Å². The van der Waals surface area contributed by atoms with Crippen LogP contribution in [0.25, 0.3) is 0 Å². The van der Waals surface area contributed by atoms with Crippen molar-refractivity contribution < 1.29 is 9.90 Å². The fourth-order valence-corrected chi connectivity index (χ4v) is 3.20. The van der Waals surface area contributed by atoms with Crippen molar-refractivity contribution in [3.05, 3.63) is 0 Å². The average molecular weight is 233 g/mol. The molecule has 1 saturated carbocycles. The first kappa shape index (κ1) is 12.8. The number of carboxylic acids is 1. The lowest BCUT2D eigenvalue weighted by atomic mass is 9.63. The van der Waals surface area contributed by atoms with Gasteiger partial charge in [-0.05, 0) is 37.5 Å². The van der Waals surface area contributed by atoms with Crippen molar-refractivity contribution in [1.82, 2.24) is 0 Å². The van der Waals surface area contributed by atoms with Gasteiger partial charge in [-0.1, -0.05) is 20.8 Å². The lowest BCUT2D eigenvalue weighted by molar-refractivity contribution is -0.156. The molecule has 1 fully saturated rings. The van der Waals surface area contributed by atoms with Gasteiger partial charge in [0.2, 0.25) is 0 Å². The summed E-state index contributed by atoms with van der Waals surface area (Å²) in [7, 11) is 0. The second-order valence-corrected chi connectivity index (χ2v) is 5.95. The Labute approximate surface area is 97.0 Å². The number of hydrogen-bond donors (Lipinski definition) is 1. The molecule has 0 bridgehead atoms. The number of alkyl halides is 1. The van der Waals surface area contributed by atoms with E-state index in [2.05, 4.69) is 13.8 Å². The Morgan fingerprint density at radius 3 is 2.60 bits per heavy atom. The molecule has 88 valence electrons.